The van der Waals surface area contributed by atoms with Crippen LogP contribution >= 0.6 is 34.2 Å². The molecule has 3 heteroatoms. The smallest absolute Gasteiger partial charge is 0.0819 e. The molecule has 0 bridgehead atoms. The number of ether oxygens (including phenoxy) is 1. The van der Waals surface area contributed by atoms with Gasteiger partial charge in [-0.2, -0.15) is 0 Å². The van der Waals surface area contributed by atoms with E-state index in [0.717, 1.165) is 11.4 Å². The van der Waals surface area contributed by atoms with Crippen LogP contribution in [0.25, 0.3) is 5.57 Å². The van der Waals surface area contributed by atoms with Crippen LogP contribution in [0.5, 0.6) is 0 Å². The molecule has 0 aliphatic carbocycles. The van der Waals surface area contributed by atoms with Gasteiger partial charge in [0.1, 0.15) is 0 Å². The highest BCUT2D eigenvalue weighted by molar-refractivity contribution is 14.1. The average Bonchev–Trinajstić information content (AvgIpc) is 2.17. The molecule has 1 aromatic carbocycles. The van der Waals surface area contributed by atoms with E-state index in [4.69, 9.17) is 16.3 Å². The second-order valence-corrected chi connectivity index (χ2v) is 7.53. The molecule has 0 atom stereocenters. The zero-order chi connectivity index (χ0) is 13.6. The minimum absolute atomic E-state index is 0.140. The zero-order valence-corrected chi connectivity index (χ0v) is 14.1. The van der Waals surface area contributed by atoms with E-state index in [2.05, 4.69) is 62.4 Å². The van der Waals surface area contributed by atoms with Gasteiger partial charge >= 0.3 is 0 Å². The van der Waals surface area contributed by atoms with Crippen molar-refractivity contribution in [1.29, 1.82) is 0 Å². The number of halogens is 2. The lowest BCUT2D eigenvalue weighted by atomic mass is 9.86. The van der Waals surface area contributed by atoms with Crippen LogP contribution in [0.2, 0.25) is 5.02 Å². The van der Waals surface area contributed by atoms with Crippen molar-refractivity contribution < 1.29 is 4.74 Å². The van der Waals surface area contributed by atoms with Gasteiger partial charge in [0.25, 0.3) is 0 Å². The Morgan fingerprint density at radius 3 is 2.50 bits per heavy atom. The molecular formula is C15H18ClIO. The molecule has 0 amide bonds. The van der Waals surface area contributed by atoms with E-state index in [9.17, 15) is 0 Å². The lowest BCUT2D eigenvalue weighted by molar-refractivity contribution is -0.100. The highest BCUT2D eigenvalue weighted by Gasteiger charge is 2.34. The SMILES string of the molecule is CC1(C)C=C(c2cc(Cl)ccc2I)CC(C)(C)O1. The zero-order valence-electron chi connectivity index (χ0n) is 11.2. The topological polar surface area (TPSA) is 9.23 Å². The maximum Gasteiger partial charge on any atom is 0.0819 e. The highest BCUT2D eigenvalue weighted by atomic mass is 127. The molecule has 1 nitrogen and oxygen atoms in total. The Hall–Kier alpha value is -0.0600. The van der Waals surface area contributed by atoms with E-state index in [-0.39, 0.29) is 11.2 Å². The van der Waals surface area contributed by atoms with Crippen LogP contribution in [0.1, 0.15) is 39.7 Å². The summed E-state index contributed by atoms with van der Waals surface area (Å²) in [5.41, 5.74) is 2.18. The number of rotatable bonds is 1. The van der Waals surface area contributed by atoms with Gasteiger partial charge in [-0.25, -0.2) is 0 Å². The van der Waals surface area contributed by atoms with E-state index < -0.39 is 0 Å². The third kappa shape index (κ3) is 3.28. The van der Waals surface area contributed by atoms with Crippen molar-refractivity contribution in [2.24, 2.45) is 0 Å². The van der Waals surface area contributed by atoms with E-state index in [1.165, 1.54) is 14.7 Å². The quantitative estimate of drug-likeness (QED) is 0.604. The van der Waals surface area contributed by atoms with Crippen LogP contribution < -0.4 is 0 Å². The first kappa shape index (κ1) is 14.4. The molecule has 1 heterocycles. The summed E-state index contributed by atoms with van der Waals surface area (Å²) < 4.78 is 7.30. The minimum atomic E-state index is -0.234. The Labute approximate surface area is 128 Å². The fourth-order valence-corrected chi connectivity index (χ4v) is 3.48. The lowest BCUT2D eigenvalue weighted by Crippen LogP contribution is -2.39. The summed E-state index contributed by atoms with van der Waals surface area (Å²) in [5, 5.41) is 0.786. The van der Waals surface area contributed by atoms with Crippen molar-refractivity contribution in [3.05, 3.63) is 38.4 Å². The third-order valence-electron chi connectivity index (χ3n) is 2.95. The third-order valence-corrected chi connectivity index (χ3v) is 4.13. The minimum Gasteiger partial charge on any atom is -0.365 e. The molecule has 1 aromatic rings. The number of hydrogen-bond donors (Lipinski definition) is 0. The molecule has 0 saturated heterocycles. The van der Waals surface area contributed by atoms with Crippen LogP contribution in [0, 0.1) is 3.57 Å². The van der Waals surface area contributed by atoms with E-state index in [0.29, 0.717) is 0 Å². The van der Waals surface area contributed by atoms with Crippen molar-refractivity contribution in [3.63, 3.8) is 0 Å². The van der Waals surface area contributed by atoms with Crippen LogP contribution in [0.4, 0.5) is 0 Å². The van der Waals surface area contributed by atoms with Gasteiger partial charge in [-0.1, -0.05) is 11.6 Å². The Kier molecular flexibility index (Phi) is 3.83. The van der Waals surface area contributed by atoms with Crippen molar-refractivity contribution in [2.45, 2.75) is 45.3 Å². The van der Waals surface area contributed by atoms with E-state index in [1.807, 2.05) is 12.1 Å². The van der Waals surface area contributed by atoms with Crippen LogP contribution in [0.15, 0.2) is 24.3 Å². The van der Waals surface area contributed by atoms with E-state index in [1.54, 1.807) is 0 Å². The number of hydrogen-bond acceptors (Lipinski definition) is 1. The Morgan fingerprint density at radius 1 is 1.22 bits per heavy atom. The van der Waals surface area contributed by atoms with Crippen molar-refractivity contribution in [2.75, 3.05) is 0 Å². The molecular weight excluding hydrogens is 359 g/mol. The highest BCUT2D eigenvalue weighted by Crippen LogP contribution is 2.39. The van der Waals surface area contributed by atoms with Crippen LogP contribution in [0.3, 0.4) is 0 Å². The standard InChI is InChI=1S/C15H18ClIO/c1-14(2)8-10(9-15(3,4)18-14)12-7-11(16)5-6-13(12)17/h5-8H,9H2,1-4H3. The Bertz CT molecular complexity index is 503. The molecule has 0 fully saturated rings. The van der Waals surface area contributed by atoms with Gasteiger partial charge in [0.05, 0.1) is 11.2 Å². The predicted molar refractivity (Wildman–Crippen MR) is 86.0 cm³/mol. The summed E-state index contributed by atoms with van der Waals surface area (Å²) in [5.74, 6) is 0. The van der Waals surface area contributed by atoms with Crippen LogP contribution in [-0.4, -0.2) is 11.2 Å². The van der Waals surface area contributed by atoms with Gasteiger partial charge in [-0.15, -0.1) is 0 Å². The largest absolute Gasteiger partial charge is 0.365 e. The average molecular weight is 377 g/mol. The first-order valence-electron chi connectivity index (χ1n) is 6.06. The maximum atomic E-state index is 6.12. The molecule has 1 aliphatic heterocycles. The fourth-order valence-electron chi connectivity index (χ4n) is 2.62. The molecule has 0 aromatic heterocycles. The molecule has 18 heavy (non-hydrogen) atoms. The molecule has 98 valence electrons. The van der Waals surface area contributed by atoms with Crippen molar-refractivity contribution in [3.8, 4) is 0 Å². The van der Waals surface area contributed by atoms with Gasteiger partial charge in [-0.05, 0) is 85.7 Å². The monoisotopic (exact) mass is 376 g/mol. The molecule has 1 aliphatic rings. The molecule has 0 N–H and O–H groups in total. The summed E-state index contributed by atoms with van der Waals surface area (Å²) in [6.45, 7) is 8.48. The first-order valence-corrected chi connectivity index (χ1v) is 7.52. The van der Waals surface area contributed by atoms with Crippen LogP contribution in [-0.2, 0) is 4.74 Å². The first-order chi connectivity index (χ1) is 8.19. The Morgan fingerprint density at radius 2 is 1.89 bits per heavy atom. The second-order valence-electron chi connectivity index (χ2n) is 5.94. The maximum absolute atomic E-state index is 6.12. The second kappa shape index (κ2) is 4.80. The molecule has 0 radical (unpaired) electrons. The number of benzene rings is 1. The van der Waals surface area contributed by atoms with E-state index >= 15 is 0 Å². The Balaban J connectivity index is 2.50. The molecule has 0 saturated carbocycles. The summed E-state index contributed by atoms with van der Waals surface area (Å²) in [4.78, 5) is 0. The normalized spacial score (nSPS) is 21.6. The molecule has 2 rings (SSSR count). The summed E-state index contributed by atoms with van der Waals surface area (Å²) in [7, 11) is 0. The van der Waals surface area contributed by atoms with Crippen molar-refractivity contribution >= 4 is 39.8 Å². The van der Waals surface area contributed by atoms with Gasteiger partial charge < -0.3 is 4.74 Å². The van der Waals surface area contributed by atoms with Crippen molar-refractivity contribution in [1.82, 2.24) is 0 Å². The summed E-state index contributed by atoms with van der Waals surface area (Å²) >= 11 is 8.48. The van der Waals surface area contributed by atoms with Gasteiger partial charge in [0, 0.05) is 15.0 Å². The summed E-state index contributed by atoms with van der Waals surface area (Å²) in [6, 6.07) is 6.05. The molecule has 0 unspecified atom stereocenters. The van der Waals surface area contributed by atoms with Gasteiger partial charge in [-0.3, -0.25) is 0 Å². The molecule has 0 spiro atoms. The summed E-state index contributed by atoms with van der Waals surface area (Å²) in [6.07, 6.45) is 3.12. The van der Waals surface area contributed by atoms with Gasteiger partial charge in [0.15, 0.2) is 0 Å². The predicted octanol–water partition coefficient (Wildman–Crippen LogP) is 5.31. The fraction of sp³-hybridized carbons (Fsp3) is 0.467. The van der Waals surface area contributed by atoms with Gasteiger partial charge in [0.2, 0.25) is 0 Å². The lowest BCUT2D eigenvalue weighted by Gasteiger charge is -2.40.